The Morgan fingerprint density at radius 3 is 2.35 bits per heavy atom. The summed E-state index contributed by atoms with van der Waals surface area (Å²) in [6.45, 7) is 4.70. The number of aliphatic carboxylic acids is 1. The summed E-state index contributed by atoms with van der Waals surface area (Å²) in [5, 5.41) is 14.9. The fraction of sp³-hybridized carbons (Fsp3) is 0.364. The van der Waals surface area contributed by atoms with Gasteiger partial charge >= 0.3 is 5.97 Å². The quantitative estimate of drug-likeness (QED) is 0.151. The molecule has 0 radical (unpaired) electrons. The van der Waals surface area contributed by atoms with E-state index in [1.807, 2.05) is 60.7 Å². The van der Waals surface area contributed by atoms with E-state index in [0.717, 1.165) is 36.8 Å². The zero-order valence-corrected chi connectivity index (χ0v) is 24.8. The number of carbonyl (C=O) groups is 4. The lowest BCUT2D eigenvalue weighted by atomic mass is 10.1. The summed E-state index contributed by atoms with van der Waals surface area (Å²) in [6.07, 6.45) is 6.57. The summed E-state index contributed by atoms with van der Waals surface area (Å²) in [6, 6.07) is 17.2. The number of hydrogen-bond acceptors (Lipinski definition) is 6. The Balaban J connectivity index is 1.55. The molecule has 1 heterocycles. The Hall–Kier alpha value is -4.73. The first-order valence-corrected chi connectivity index (χ1v) is 14.6. The van der Waals surface area contributed by atoms with Gasteiger partial charge in [-0.1, -0.05) is 74.7 Å². The molecule has 0 saturated carbocycles. The molecule has 3 amide bonds. The first-order valence-electron chi connectivity index (χ1n) is 14.6. The number of carboxylic acid groups (broad SMARTS) is 1. The van der Waals surface area contributed by atoms with Crippen molar-refractivity contribution < 1.29 is 28.7 Å². The van der Waals surface area contributed by atoms with E-state index in [9.17, 15) is 24.3 Å². The van der Waals surface area contributed by atoms with E-state index < -0.39 is 23.8 Å². The average molecular weight is 589 g/mol. The lowest BCUT2D eigenvalue weighted by Gasteiger charge is -2.24. The molecule has 0 bridgehead atoms. The fourth-order valence-corrected chi connectivity index (χ4v) is 4.43. The van der Waals surface area contributed by atoms with Gasteiger partial charge in [0.1, 0.15) is 11.8 Å². The van der Waals surface area contributed by atoms with Crippen molar-refractivity contribution in [3.05, 3.63) is 83.8 Å². The van der Waals surface area contributed by atoms with E-state index in [4.69, 9.17) is 4.42 Å². The number of aryl methyl sites for hydroxylation is 1. The molecule has 0 spiro atoms. The van der Waals surface area contributed by atoms with Crippen LogP contribution in [-0.2, 0) is 14.4 Å². The summed E-state index contributed by atoms with van der Waals surface area (Å²) in [4.78, 5) is 56.1. The van der Waals surface area contributed by atoms with Crippen LogP contribution in [0.25, 0.3) is 17.5 Å². The van der Waals surface area contributed by atoms with Crippen molar-refractivity contribution in [1.29, 1.82) is 0 Å². The minimum Gasteiger partial charge on any atom is -0.480 e. The molecule has 228 valence electrons. The zero-order valence-electron chi connectivity index (χ0n) is 24.8. The van der Waals surface area contributed by atoms with Gasteiger partial charge in [0.25, 0.3) is 5.91 Å². The Morgan fingerprint density at radius 2 is 1.67 bits per heavy atom. The van der Waals surface area contributed by atoms with Crippen molar-refractivity contribution >= 4 is 29.8 Å². The molecular formula is C33H40N4O6. The van der Waals surface area contributed by atoms with Crippen molar-refractivity contribution in [3.8, 4) is 11.5 Å². The number of carbonyl (C=O) groups excluding carboxylic acids is 3. The summed E-state index contributed by atoms with van der Waals surface area (Å²) in [5.74, 6) is -1.67. The van der Waals surface area contributed by atoms with Gasteiger partial charge in [0.15, 0.2) is 5.69 Å². The molecule has 0 saturated heterocycles. The molecule has 0 aliphatic heterocycles. The van der Waals surface area contributed by atoms with E-state index in [0.29, 0.717) is 18.2 Å². The maximum atomic E-state index is 13.2. The van der Waals surface area contributed by atoms with E-state index in [-0.39, 0.29) is 37.5 Å². The van der Waals surface area contributed by atoms with Crippen LogP contribution >= 0.6 is 0 Å². The van der Waals surface area contributed by atoms with Gasteiger partial charge in [0, 0.05) is 37.7 Å². The van der Waals surface area contributed by atoms with E-state index in [1.54, 1.807) is 17.9 Å². The number of aromatic nitrogens is 1. The highest BCUT2D eigenvalue weighted by atomic mass is 16.4. The van der Waals surface area contributed by atoms with Crippen molar-refractivity contribution in [3.63, 3.8) is 0 Å². The molecule has 2 aromatic carbocycles. The Kier molecular flexibility index (Phi) is 13.2. The van der Waals surface area contributed by atoms with E-state index in [2.05, 4.69) is 22.5 Å². The minimum atomic E-state index is -1.22. The molecule has 43 heavy (non-hydrogen) atoms. The Labute approximate surface area is 252 Å². The molecule has 0 aliphatic carbocycles. The largest absolute Gasteiger partial charge is 0.480 e. The third-order valence-electron chi connectivity index (χ3n) is 6.82. The van der Waals surface area contributed by atoms with Crippen LogP contribution in [0.5, 0.6) is 0 Å². The number of nitrogens with one attached hydrogen (secondary N) is 2. The second kappa shape index (κ2) is 17.3. The van der Waals surface area contributed by atoms with Gasteiger partial charge in [-0.3, -0.25) is 14.4 Å². The van der Waals surface area contributed by atoms with Crippen LogP contribution in [0.3, 0.4) is 0 Å². The lowest BCUT2D eigenvalue weighted by Crippen LogP contribution is -2.42. The number of oxazole rings is 1. The first kappa shape index (κ1) is 32.8. The molecule has 0 fully saturated rings. The van der Waals surface area contributed by atoms with E-state index >= 15 is 0 Å². The summed E-state index contributed by atoms with van der Waals surface area (Å²) in [7, 11) is 0. The number of benzene rings is 2. The summed E-state index contributed by atoms with van der Waals surface area (Å²) >= 11 is 0. The molecule has 3 N–H and O–H groups in total. The maximum absolute atomic E-state index is 13.2. The maximum Gasteiger partial charge on any atom is 0.326 e. The van der Waals surface area contributed by atoms with Crippen molar-refractivity contribution in [1.82, 2.24) is 20.5 Å². The van der Waals surface area contributed by atoms with Crippen LogP contribution in [-0.4, -0.2) is 64.4 Å². The monoisotopic (exact) mass is 588 g/mol. The highest BCUT2D eigenvalue weighted by molar-refractivity contribution is 5.95. The first-order chi connectivity index (χ1) is 20.8. The minimum absolute atomic E-state index is 0.0582. The molecule has 1 aromatic heterocycles. The van der Waals surface area contributed by atoms with Gasteiger partial charge in [-0.25, -0.2) is 9.78 Å². The van der Waals surface area contributed by atoms with Crippen LogP contribution in [0.15, 0.2) is 71.2 Å². The molecule has 1 atom stereocenters. The number of rotatable bonds is 17. The predicted octanol–water partition coefficient (Wildman–Crippen LogP) is 4.85. The number of nitrogens with zero attached hydrogens (tertiary/aromatic N) is 2. The van der Waals surface area contributed by atoms with Gasteiger partial charge in [-0.2, -0.15) is 0 Å². The normalized spacial score (nSPS) is 11.7. The van der Waals surface area contributed by atoms with Crippen molar-refractivity contribution in [2.75, 3.05) is 19.6 Å². The van der Waals surface area contributed by atoms with Crippen LogP contribution in [0.1, 0.15) is 67.3 Å². The second-order valence-corrected chi connectivity index (χ2v) is 10.2. The van der Waals surface area contributed by atoms with Gasteiger partial charge in [0.2, 0.25) is 17.7 Å². The van der Waals surface area contributed by atoms with Crippen LogP contribution in [0, 0.1) is 6.92 Å². The second-order valence-electron chi connectivity index (χ2n) is 10.2. The number of hydrogen-bond donors (Lipinski definition) is 3. The number of amides is 3. The average Bonchev–Trinajstić information content (AvgIpc) is 3.41. The highest BCUT2D eigenvalue weighted by Gasteiger charge is 2.23. The van der Waals surface area contributed by atoms with Gasteiger partial charge < -0.3 is 25.1 Å². The Morgan fingerprint density at radius 1 is 0.977 bits per heavy atom. The number of carboxylic acids is 1. The van der Waals surface area contributed by atoms with Gasteiger partial charge in [-0.05, 0) is 43.5 Å². The van der Waals surface area contributed by atoms with Gasteiger partial charge in [0.05, 0.1) is 0 Å². The van der Waals surface area contributed by atoms with Crippen LogP contribution < -0.4 is 10.6 Å². The molecule has 3 aromatic rings. The van der Waals surface area contributed by atoms with Crippen molar-refractivity contribution in [2.45, 2.75) is 58.4 Å². The van der Waals surface area contributed by atoms with Crippen LogP contribution in [0.2, 0.25) is 0 Å². The highest BCUT2D eigenvalue weighted by Crippen LogP contribution is 2.21. The lowest BCUT2D eigenvalue weighted by molar-refractivity contribution is -0.141. The van der Waals surface area contributed by atoms with E-state index in [1.165, 1.54) is 6.08 Å². The molecule has 0 aliphatic rings. The molecular weight excluding hydrogens is 548 g/mol. The number of unbranched alkanes of at least 4 members (excludes halogenated alkanes) is 3. The standard InChI is InChI=1S/C33H40N4O6/c1-3-4-5-12-22-37(23-21-34-31(40)30-24(2)43-32(36-30)26-15-10-7-11-16-26)29(39)20-18-27(33(41)42)35-28(38)19-17-25-13-8-6-9-14-25/h6-11,13-17,19,27H,3-5,12,18,20-23H2,1-2H3,(H,34,40)(H,35,38)(H,41,42)/b19-17+. The molecule has 3 rings (SSSR count). The molecule has 10 heteroatoms. The van der Waals surface area contributed by atoms with Crippen LogP contribution in [0.4, 0.5) is 0 Å². The summed E-state index contributed by atoms with van der Waals surface area (Å²) in [5.41, 5.74) is 1.75. The molecule has 10 nitrogen and oxygen atoms in total. The third kappa shape index (κ3) is 10.9. The molecule has 1 unspecified atom stereocenters. The Bertz CT molecular complexity index is 1370. The summed E-state index contributed by atoms with van der Waals surface area (Å²) < 4.78 is 5.68. The smallest absolute Gasteiger partial charge is 0.326 e. The van der Waals surface area contributed by atoms with Gasteiger partial charge in [-0.15, -0.1) is 0 Å². The zero-order chi connectivity index (χ0) is 31.0. The third-order valence-corrected chi connectivity index (χ3v) is 6.82. The van der Waals surface area contributed by atoms with Crippen molar-refractivity contribution in [2.24, 2.45) is 0 Å². The predicted molar refractivity (Wildman–Crippen MR) is 164 cm³/mol. The fourth-order valence-electron chi connectivity index (χ4n) is 4.43. The SMILES string of the molecule is CCCCCCN(CCNC(=O)c1nc(-c2ccccc2)oc1C)C(=O)CCC(NC(=O)/C=C/c1ccccc1)C(=O)O. The topological polar surface area (TPSA) is 142 Å².